The lowest BCUT2D eigenvalue weighted by molar-refractivity contribution is 0.0961. The summed E-state index contributed by atoms with van der Waals surface area (Å²) in [4.78, 5) is 14.7. The van der Waals surface area contributed by atoms with E-state index in [1.54, 1.807) is 0 Å². The Labute approximate surface area is 130 Å². The number of halogens is 1. The van der Waals surface area contributed by atoms with E-state index in [0.717, 1.165) is 35.1 Å². The minimum atomic E-state index is 0.257. The first-order valence-corrected chi connectivity index (χ1v) is 8.38. The molecular formula is C17H24BrNO. The lowest BCUT2D eigenvalue weighted by Gasteiger charge is -2.22. The van der Waals surface area contributed by atoms with Crippen molar-refractivity contribution in [2.75, 3.05) is 13.1 Å². The molecule has 20 heavy (non-hydrogen) atoms. The van der Waals surface area contributed by atoms with Gasteiger partial charge in [-0.15, -0.1) is 0 Å². The van der Waals surface area contributed by atoms with Gasteiger partial charge in [-0.2, -0.15) is 0 Å². The normalized spacial score (nSPS) is 15.1. The second-order valence-corrected chi connectivity index (χ2v) is 7.05. The van der Waals surface area contributed by atoms with Crippen LogP contribution in [0.15, 0.2) is 28.7 Å². The molecule has 0 saturated heterocycles. The number of hydrogen-bond donors (Lipinski definition) is 0. The minimum Gasteiger partial charge on any atom is -0.300 e. The zero-order valence-corrected chi connectivity index (χ0v) is 14.0. The van der Waals surface area contributed by atoms with Gasteiger partial charge in [-0.1, -0.05) is 41.9 Å². The van der Waals surface area contributed by atoms with E-state index in [-0.39, 0.29) is 5.78 Å². The van der Waals surface area contributed by atoms with Gasteiger partial charge in [0.05, 0.1) is 0 Å². The van der Waals surface area contributed by atoms with Gasteiger partial charge in [-0.05, 0) is 43.9 Å². The third-order valence-corrected chi connectivity index (χ3v) is 4.38. The summed E-state index contributed by atoms with van der Waals surface area (Å²) in [5.74, 6) is 0.992. The van der Waals surface area contributed by atoms with Gasteiger partial charge in [0.2, 0.25) is 0 Å². The van der Waals surface area contributed by atoms with E-state index < -0.39 is 0 Å². The summed E-state index contributed by atoms with van der Waals surface area (Å²) >= 11 is 3.40. The van der Waals surface area contributed by atoms with Crippen LogP contribution in [-0.2, 0) is 0 Å². The second-order valence-electron chi connectivity index (χ2n) is 6.13. The fourth-order valence-corrected chi connectivity index (χ4v) is 2.63. The van der Waals surface area contributed by atoms with Gasteiger partial charge in [0.25, 0.3) is 0 Å². The lowest BCUT2D eigenvalue weighted by Crippen LogP contribution is -2.30. The number of benzene rings is 1. The summed E-state index contributed by atoms with van der Waals surface area (Å²) < 4.78 is 1.02. The van der Waals surface area contributed by atoms with Crippen LogP contribution < -0.4 is 0 Å². The molecule has 110 valence electrons. The molecular weight excluding hydrogens is 314 g/mol. The Morgan fingerprint density at radius 2 is 1.90 bits per heavy atom. The Morgan fingerprint density at radius 3 is 2.45 bits per heavy atom. The number of carbonyl (C=O) groups is 1. The largest absolute Gasteiger partial charge is 0.300 e. The maximum absolute atomic E-state index is 12.2. The van der Waals surface area contributed by atoms with E-state index in [1.165, 1.54) is 19.3 Å². The van der Waals surface area contributed by atoms with Gasteiger partial charge in [-0.3, -0.25) is 9.69 Å². The van der Waals surface area contributed by atoms with Crippen LogP contribution in [0.25, 0.3) is 0 Å². The van der Waals surface area contributed by atoms with Crippen LogP contribution >= 0.6 is 15.9 Å². The Kier molecular flexibility index (Phi) is 5.79. The molecule has 0 bridgehead atoms. The molecule has 1 aromatic carbocycles. The molecule has 2 nitrogen and oxygen atoms in total. The van der Waals surface area contributed by atoms with E-state index in [0.29, 0.717) is 6.42 Å². The Bertz CT molecular complexity index is 437. The standard InChI is InChI=1S/C17H24BrNO/c1-13(2)9-11-19(16-7-8-16)12-10-17(20)14-3-5-15(18)6-4-14/h3-6,13,16H,7-12H2,1-2H3. The maximum atomic E-state index is 12.2. The SMILES string of the molecule is CC(C)CCN(CCC(=O)c1ccc(Br)cc1)C1CC1. The van der Waals surface area contributed by atoms with Crippen LogP contribution in [0.4, 0.5) is 0 Å². The summed E-state index contributed by atoms with van der Waals surface area (Å²) in [6, 6.07) is 8.42. The van der Waals surface area contributed by atoms with Crippen LogP contribution in [0.5, 0.6) is 0 Å². The predicted molar refractivity (Wildman–Crippen MR) is 87.1 cm³/mol. The Morgan fingerprint density at radius 1 is 1.25 bits per heavy atom. The average molecular weight is 338 g/mol. The van der Waals surface area contributed by atoms with Crippen molar-refractivity contribution in [1.29, 1.82) is 0 Å². The van der Waals surface area contributed by atoms with Crippen LogP contribution in [0.2, 0.25) is 0 Å². The third-order valence-electron chi connectivity index (χ3n) is 3.85. The summed E-state index contributed by atoms with van der Waals surface area (Å²) in [7, 11) is 0. The average Bonchev–Trinajstić information content (AvgIpc) is 3.23. The quantitative estimate of drug-likeness (QED) is 0.649. The molecule has 1 aliphatic rings. The Hall–Kier alpha value is -0.670. The van der Waals surface area contributed by atoms with Gasteiger partial charge in [0, 0.05) is 29.0 Å². The molecule has 1 saturated carbocycles. The van der Waals surface area contributed by atoms with Crippen LogP contribution in [-0.4, -0.2) is 29.8 Å². The van der Waals surface area contributed by atoms with E-state index in [1.807, 2.05) is 24.3 Å². The van der Waals surface area contributed by atoms with Gasteiger partial charge in [-0.25, -0.2) is 0 Å². The van der Waals surface area contributed by atoms with Crippen molar-refractivity contribution in [3.63, 3.8) is 0 Å². The summed E-state index contributed by atoms with van der Waals surface area (Å²) in [5.41, 5.74) is 0.827. The first-order valence-electron chi connectivity index (χ1n) is 7.59. The molecule has 1 aromatic rings. The molecule has 0 aliphatic heterocycles. The molecule has 0 atom stereocenters. The zero-order chi connectivity index (χ0) is 14.5. The summed E-state index contributed by atoms with van der Waals surface area (Å²) in [5, 5.41) is 0. The van der Waals surface area contributed by atoms with Crippen LogP contribution in [0.3, 0.4) is 0 Å². The van der Waals surface area contributed by atoms with Crippen LogP contribution in [0.1, 0.15) is 49.9 Å². The molecule has 0 aromatic heterocycles. The number of carbonyl (C=O) groups excluding carboxylic acids is 1. The highest BCUT2D eigenvalue weighted by Gasteiger charge is 2.28. The maximum Gasteiger partial charge on any atom is 0.164 e. The van der Waals surface area contributed by atoms with Crippen molar-refractivity contribution >= 4 is 21.7 Å². The number of nitrogens with zero attached hydrogens (tertiary/aromatic N) is 1. The van der Waals surface area contributed by atoms with Crippen molar-refractivity contribution in [2.45, 2.75) is 45.6 Å². The molecule has 1 fully saturated rings. The van der Waals surface area contributed by atoms with Gasteiger partial charge in [0.15, 0.2) is 5.78 Å². The molecule has 3 heteroatoms. The van der Waals surface area contributed by atoms with Crippen molar-refractivity contribution < 1.29 is 4.79 Å². The van der Waals surface area contributed by atoms with Crippen molar-refractivity contribution in [1.82, 2.24) is 4.90 Å². The number of hydrogen-bond acceptors (Lipinski definition) is 2. The lowest BCUT2D eigenvalue weighted by atomic mass is 10.1. The number of Topliss-reactive ketones (excluding diaryl/α,β-unsaturated/α-hetero) is 1. The Balaban J connectivity index is 1.82. The summed E-state index contributed by atoms with van der Waals surface area (Å²) in [6.07, 6.45) is 4.48. The predicted octanol–water partition coefficient (Wildman–Crippen LogP) is 4.53. The first kappa shape index (κ1) is 15.7. The van der Waals surface area contributed by atoms with Crippen LogP contribution in [0, 0.1) is 5.92 Å². The fourth-order valence-electron chi connectivity index (χ4n) is 2.37. The van der Waals surface area contributed by atoms with E-state index >= 15 is 0 Å². The minimum absolute atomic E-state index is 0.257. The molecule has 0 N–H and O–H groups in total. The highest BCUT2D eigenvalue weighted by Crippen LogP contribution is 2.27. The van der Waals surface area contributed by atoms with E-state index in [9.17, 15) is 4.79 Å². The van der Waals surface area contributed by atoms with Crippen molar-refractivity contribution in [3.8, 4) is 0 Å². The topological polar surface area (TPSA) is 20.3 Å². The summed E-state index contributed by atoms with van der Waals surface area (Å²) in [6.45, 7) is 6.57. The van der Waals surface area contributed by atoms with Gasteiger partial charge < -0.3 is 0 Å². The molecule has 2 rings (SSSR count). The number of ketones is 1. The zero-order valence-electron chi connectivity index (χ0n) is 12.4. The molecule has 0 amide bonds. The van der Waals surface area contributed by atoms with Gasteiger partial charge >= 0.3 is 0 Å². The first-order chi connectivity index (χ1) is 9.56. The van der Waals surface area contributed by atoms with Crippen molar-refractivity contribution in [3.05, 3.63) is 34.3 Å². The number of rotatable bonds is 8. The van der Waals surface area contributed by atoms with E-state index in [4.69, 9.17) is 0 Å². The molecule has 1 aliphatic carbocycles. The highest BCUT2D eigenvalue weighted by molar-refractivity contribution is 9.10. The fraction of sp³-hybridized carbons (Fsp3) is 0.588. The highest BCUT2D eigenvalue weighted by atomic mass is 79.9. The molecule has 0 spiro atoms. The molecule has 0 heterocycles. The molecule has 0 unspecified atom stereocenters. The monoisotopic (exact) mass is 337 g/mol. The van der Waals surface area contributed by atoms with Crippen molar-refractivity contribution in [2.24, 2.45) is 5.92 Å². The molecule has 0 radical (unpaired) electrons. The van der Waals surface area contributed by atoms with E-state index in [2.05, 4.69) is 34.7 Å². The second kappa shape index (κ2) is 7.37. The smallest absolute Gasteiger partial charge is 0.164 e. The van der Waals surface area contributed by atoms with Gasteiger partial charge in [0.1, 0.15) is 0 Å². The third kappa shape index (κ3) is 5.02.